The van der Waals surface area contributed by atoms with Crippen LogP contribution in [0.25, 0.3) is 0 Å². The molecule has 76 valence electrons. The molecule has 1 heterocycles. The molecule has 1 nitrogen and oxygen atoms in total. The molecule has 0 radical (unpaired) electrons. The van der Waals surface area contributed by atoms with Gasteiger partial charge >= 0.3 is 0 Å². The van der Waals surface area contributed by atoms with Gasteiger partial charge in [0.15, 0.2) is 0 Å². The van der Waals surface area contributed by atoms with Gasteiger partial charge in [-0.25, -0.2) is 0 Å². The lowest BCUT2D eigenvalue weighted by molar-refractivity contribution is 0.370. The Balaban J connectivity index is 1.92. The van der Waals surface area contributed by atoms with Gasteiger partial charge in [0, 0.05) is 0 Å². The quantitative estimate of drug-likeness (QED) is 0.667. The zero-order valence-corrected chi connectivity index (χ0v) is 9.21. The smallest absolute Gasteiger partial charge is 0.0842 e. The Bertz CT molecular complexity index is 330. The predicted molar refractivity (Wildman–Crippen MR) is 58.6 cm³/mol. The van der Waals surface area contributed by atoms with Crippen LogP contribution >= 0.6 is 0 Å². The topological polar surface area (TPSA) is 12.5 Å². The molecule has 0 bridgehead atoms. The molecule has 2 unspecified atom stereocenters. The maximum Gasteiger partial charge on any atom is 0.0842 e. The highest BCUT2D eigenvalue weighted by atomic mass is 16.6. The number of benzene rings is 1. The molecule has 14 heavy (non-hydrogen) atoms. The third kappa shape index (κ3) is 2.16. The van der Waals surface area contributed by atoms with E-state index in [1.165, 1.54) is 23.1 Å². The summed E-state index contributed by atoms with van der Waals surface area (Å²) in [7, 11) is 0. The van der Waals surface area contributed by atoms with E-state index in [2.05, 4.69) is 39.0 Å². The van der Waals surface area contributed by atoms with Crippen molar-refractivity contribution in [3.05, 3.63) is 34.9 Å². The molecule has 1 aliphatic rings. The molecule has 2 rings (SSSR count). The highest BCUT2D eigenvalue weighted by molar-refractivity contribution is 5.30. The van der Waals surface area contributed by atoms with Crippen molar-refractivity contribution in [3.8, 4) is 0 Å². The summed E-state index contributed by atoms with van der Waals surface area (Å²) in [6.07, 6.45) is 3.35. The first-order chi connectivity index (χ1) is 6.66. The van der Waals surface area contributed by atoms with E-state index < -0.39 is 0 Å². The molecule has 1 fully saturated rings. The Morgan fingerprint density at radius 2 is 1.93 bits per heavy atom. The molecule has 1 aromatic carbocycles. The van der Waals surface area contributed by atoms with E-state index >= 15 is 0 Å². The van der Waals surface area contributed by atoms with Crippen LogP contribution in [0.3, 0.4) is 0 Å². The second-order valence-corrected chi connectivity index (χ2v) is 4.34. The normalized spacial score (nSPS) is 25.1. The zero-order chi connectivity index (χ0) is 10.1. The van der Waals surface area contributed by atoms with Crippen molar-refractivity contribution < 1.29 is 4.74 Å². The minimum absolute atomic E-state index is 0.501. The fourth-order valence-electron chi connectivity index (χ4n) is 1.80. The lowest BCUT2D eigenvalue weighted by atomic mass is 10.0. The summed E-state index contributed by atoms with van der Waals surface area (Å²) in [5.41, 5.74) is 4.22. The van der Waals surface area contributed by atoms with Crippen LogP contribution in [0, 0.1) is 13.8 Å². The Hall–Kier alpha value is -0.820. The summed E-state index contributed by atoms with van der Waals surface area (Å²) in [5, 5.41) is 0. The van der Waals surface area contributed by atoms with Gasteiger partial charge in [0.25, 0.3) is 0 Å². The molecular weight excluding hydrogens is 172 g/mol. The highest BCUT2D eigenvalue weighted by Crippen LogP contribution is 2.26. The first-order valence-electron chi connectivity index (χ1n) is 5.38. The second-order valence-electron chi connectivity index (χ2n) is 4.34. The molecule has 1 heteroatoms. The number of epoxide rings is 1. The Morgan fingerprint density at radius 3 is 2.50 bits per heavy atom. The Labute approximate surface area is 86.1 Å². The number of ether oxygens (including phenoxy) is 1. The van der Waals surface area contributed by atoms with Crippen molar-refractivity contribution in [2.45, 2.75) is 45.8 Å². The average molecular weight is 190 g/mol. The monoisotopic (exact) mass is 190 g/mol. The van der Waals surface area contributed by atoms with Gasteiger partial charge in [-0.15, -0.1) is 0 Å². The van der Waals surface area contributed by atoms with Crippen molar-refractivity contribution in [2.75, 3.05) is 0 Å². The zero-order valence-electron chi connectivity index (χ0n) is 9.21. The van der Waals surface area contributed by atoms with E-state index in [4.69, 9.17) is 4.74 Å². The summed E-state index contributed by atoms with van der Waals surface area (Å²) < 4.78 is 5.39. The SMILES string of the molecule is Cc1ccc(CCC2OC2C)cc1C. The van der Waals surface area contributed by atoms with Crippen LogP contribution in [0.4, 0.5) is 0 Å². The van der Waals surface area contributed by atoms with Crippen LogP contribution in [-0.4, -0.2) is 12.2 Å². The number of hydrogen-bond acceptors (Lipinski definition) is 1. The molecule has 0 saturated carbocycles. The van der Waals surface area contributed by atoms with Crippen LogP contribution < -0.4 is 0 Å². The molecule has 0 spiro atoms. The van der Waals surface area contributed by atoms with Crippen molar-refractivity contribution in [1.82, 2.24) is 0 Å². The van der Waals surface area contributed by atoms with Crippen molar-refractivity contribution in [2.24, 2.45) is 0 Å². The maximum atomic E-state index is 5.39. The van der Waals surface area contributed by atoms with E-state index in [0.29, 0.717) is 12.2 Å². The van der Waals surface area contributed by atoms with Crippen LogP contribution in [-0.2, 0) is 11.2 Å². The molecule has 0 aromatic heterocycles. The van der Waals surface area contributed by atoms with Gasteiger partial charge in [-0.05, 0) is 50.3 Å². The highest BCUT2D eigenvalue weighted by Gasteiger charge is 2.33. The first kappa shape index (κ1) is 9.72. The van der Waals surface area contributed by atoms with E-state index in [1.807, 2.05) is 0 Å². The lowest BCUT2D eigenvalue weighted by Crippen LogP contribution is -1.94. The second kappa shape index (κ2) is 3.74. The van der Waals surface area contributed by atoms with Gasteiger partial charge in [0.05, 0.1) is 12.2 Å². The third-order valence-corrected chi connectivity index (χ3v) is 3.13. The van der Waals surface area contributed by atoms with E-state index in [0.717, 1.165) is 6.42 Å². The molecule has 2 atom stereocenters. The Kier molecular flexibility index (Phi) is 2.60. The van der Waals surface area contributed by atoms with Gasteiger partial charge < -0.3 is 4.74 Å². The fourth-order valence-corrected chi connectivity index (χ4v) is 1.80. The van der Waals surface area contributed by atoms with Gasteiger partial charge in [0.1, 0.15) is 0 Å². The molecule has 1 aromatic rings. The number of rotatable bonds is 3. The summed E-state index contributed by atoms with van der Waals surface area (Å²) >= 11 is 0. The van der Waals surface area contributed by atoms with Gasteiger partial charge in [-0.3, -0.25) is 0 Å². The summed E-state index contributed by atoms with van der Waals surface area (Å²) in [6.45, 7) is 6.48. The summed E-state index contributed by atoms with van der Waals surface area (Å²) in [5.74, 6) is 0. The molecule has 0 N–H and O–H groups in total. The number of hydrogen-bond donors (Lipinski definition) is 0. The van der Waals surface area contributed by atoms with E-state index in [1.54, 1.807) is 0 Å². The van der Waals surface area contributed by atoms with Crippen LogP contribution in [0.2, 0.25) is 0 Å². The molecule has 0 amide bonds. The standard InChI is InChI=1S/C13H18O/c1-9-4-5-12(8-10(9)2)6-7-13-11(3)14-13/h4-5,8,11,13H,6-7H2,1-3H3. The lowest BCUT2D eigenvalue weighted by Gasteiger charge is -2.03. The maximum absolute atomic E-state index is 5.39. The molecule has 0 aliphatic carbocycles. The van der Waals surface area contributed by atoms with Crippen molar-refractivity contribution >= 4 is 0 Å². The molecule has 1 saturated heterocycles. The van der Waals surface area contributed by atoms with Gasteiger partial charge in [-0.1, -0.05) is 18.2 Å². The fraction of sp³-hybridized carbons (Fsp3) is 0.538. The minimum Gasteiger partial charge on any atom is -0.370 e. The van der Waals surface area contributed by atoms with Crippen LogP contribution in [0.1, 0.15) is 30.0 Å². The van der Waals surface area contributed by atoms with Crippen LogP contribution in [0.15, 0.2) is 18.2 Å². The minimum atomic E-state index is 0.501. The third-order valence-electron chi connectivity index (χ3n) is 3.13. The van der Waals surface area contributed by atoms with Crippen molar-refractivity contribution in [3.63, 3.8) is 0 Å². The Morgan fingerprint density at radius 1 is 1.21 bits per heavy atom. The largest absolute Gasteiger partial charge is 0.370 e. The molecule has 1 aliphatic heterocycles. The number of aryl methyl sites for hydroxylation is 3. The van der Waals surface area contributed by atoms with Gasteiger partial charge in [-0.2, -0.15) is 0 Å². The van der Waals surface area contributed by atoms with Crippen molar-refractivity contribution in [1.29, 1.82) is 0 Å². The molecular formula is C13H18O. The van der Waals surface area contributed by atoms with E-state index in [-0.39, 0.29) is 0 Å². The van der Waals surface area contributed by atoms with Crippen LogP contribution in [0.5, 0.6) is 0 Å². The average Bonchev–Trinajstić information content (AvgIpc) is 2.85. The van der Waals surface area contributed by atoms with Gasteiger partial charge in [0.2, 0.25) is 0 Å². The predicted octanol–water partition coefficient (Wildman–Crippen LogP) is 3.02. The van der Waals surface area contributed by atoms with E-state index in [9.17, 15) is 0 Å². The summed E-state index contributed by atoms with van der Waals surface area (Å²) in [6, 6.07) is 6.74. The first-order valence-corrected chi connectivity index (χ1v) is 5.38. The summed E-state index contributed by atoms with van der Waals surface area (Å²) in [4.78, 5) is 0.